The Kier molecular flexibility index (Phi) is 5.22. The monoisotopic (exact) mass is 369 g/mol. The van der Waals surface area contributed by atoms with Gasteiger partial charge in [-0.2, -0.15) is 39.5 Å². The molecule has 0 saturated heterocycles. The topological polar surface area (TPSA) is 72.5 Å². The Balaban J connectivity index is 5.80. The Morgan fingerprint density at radius 3 is 1.68 bits per heavy atom. The molecule has 0 rings (SSSR count). The van der Waals surface area contributed by atoms with Crippen LogP contribution in [0.15, 0.2) is 12.7 Å². The Hall–Kier alpha value is -1.51. The van der Waals surface area contributed by atoms with Crippen LogP contribution in [0.4, 0.5) is 39.5 Å². The maximum absolute atomic E-state index is 13.0. The van der Waals surface area contributed by atoms with Crippen molar-refractivity contribution in [3.63, 3.8) is 0 Å². The molecular weight excluding hydrogens is 365 g/mol. The van der Waals surface area contributed by atoms with Gasteiger partial charge in [0, 0.05) is 6.08 Å². The van der Waals surface area contributed by atoms with Gasteiger partial charge in [0.25, 0.3) is 0 Å². The number of hydrogen-bond acceptors (Lipinski definition) is 4. The molecule has 0 atom stereocenters. The molecule has 0 spiro atoms. The molecule has 0 bridgehead atoms. The van der Waals surface area contributed by atoms with Crippen molar-refractivity contribution in [1.29, 1.82) is 0 Å². The summed E-state index contributed by atoms with van der Waals surface area (Å²) in [5.41, 5.74) is 0. The summed E-state index contributed by atoms with van der Waals surface area (Å²) in [6.45, 7) is 2.63. The van der Waals surface area contributed by atoms with Crippen LogP contribution in [-0.4, -0.2) is 37.7 Å². The quantitative estimate of drug-likeness (QED) is 0.442. The number of nitrogens with one attached hydrogen (secondary N) is 1. The van der Waals surface area contributed by atoms with Crippen LogP contribution >= 0.6 is 0 Å². The summed E-state index contributed by atoms with van der Waals surface area (Å²) >= 11 is 0. The van der Waals surface area contributed by atoms with Crippen LogP contribution in [0.3, 0.4) is 0 Å². The number of rotatable bonds is 6. The van der Waals surface area contributed by atoms with Crippen LogP contribution in [-0.2, 0) is 19.7 Å². The normalized spacial score (nSPS) is 14.6. The molecule has 22 heavy (non-hydrogen) atoms. The molecule has 0 aromatic rings. The molecule has 0 aromatic carbocycles. The molecule has 0 unspecified atom stereocenters. The lowest BCUT2D eigenvalue weighted by Gasteiger charge is -2.32. The minimum absolute atomic E-state index is 0.000372. The maximum atomic E-state index is 13.0. The van der Waals surface area contributed by atoms with Crippen molar-refractivity contribution in [1.82, 2.24) is 4.89 Å². The highest BCUT2D eigenvalue weighted by Gasteiger charge is 2.85. The molecular formula is C7H4F9NO4S. The molecule has 15 heteroatoms. The smallest absolute Gasteiger partial charge is 0.352 e. The Morgan fingerprint density at radius 1 is 0.955 bits per heavy atom. The molecule has 0 aliphatic heterocycles. The second kappa shape index (κ2) is 5.60. The fourth-order valence-electron chi connectivity index (χ4n) is 0.719. The van der Waals surface area contributed by atoms with Crippen molar-refractivity contribution in [3.8, 4) is 0 Å². The number of halogens is 9. The van der Waals surface area contributed by atoms with Gasteiger partial charge in [-0.25, -0.2) is 13.2 Å². The number of carbonyl (C=O) groups excluding carboxylic acids is 1. The predicted octanol–water partition coefficient (Wildman–Crippen LogP) is 1.98. The van der Waals surface area contributed by atoms with Crippen LogP contribution in [0, 0.1) is 0 Å². The third-order valence-electron chi connectivity index (χ3n) is 1.87. The summed E-state index contributed by atoms with van der Waals surface area (Å²) in [5.74, 6) is -16.6. The van der Waals surface area contributed by atoms with Crippen molar-refractivity contribution >= 4 is 16.0 Å². The van der Waals surface area contributed by atoms with E-state index in [1.807, 2.05) is 0 Å². The fourth-order valence-corrected chi connectivity index (χ4v) is 1.48. The van der Waals surface area contributed by atoms with Gasteiger partial charge in [-0.3, -0.25) is 0 Å². The largest absolute Gasteiger partial charge is 0.460 e. The van der Waals surface area contributed by atoms with E-state index in [-0.39, 0.29) is 11.0 Å². The van der Waals surface area contributed by atoms with Crippen molar-refractivity contribution in [2.24, 2.45) is 0 Å². The average Bonchev–Trinajstić information content (AvgIpc) is 2.33. The lowest BCUT2D eigenvalue weighted by atomic mass is 10.1. The molecule has 5 nitrogen and oxygen atoms in total. The van der Waals surface area contributed by atoms with E-state index >= 15 is 0 Å². The van der Waals surface area contributed by atoms with Gasteiger partial charge in [0.05, 0.1) is 0 Å². The van der Waals surface area contributed by atoms with Crippen LogP contribution < -0.4 is 4.89 Å². The molecule has 0 fully saturated rings. The Bertz CT molecular complexity index is 553. The highest BCUT2D eigenvalue weighted by molar-refractivity contribution is 7.90. The molecule has 130 valence electrons. The van der Waals surface area contributed by atoms with Gasteiger partial charge in [-0.1, -0.05) is 6.58 Å². The minimum atomic E-state index is -7.41. The van der Waals surface area contributed by atoms with Gasteiger partial charge >= 0.3 is 39.3 Å². The van der Waals surface area contributed by atoms with Gasteiger partial charge in [0.2, 0.25) is 0 Å². The average molecular weight is 369 g/mol. The zero-order valence-corrected chi connectivity index (χ0v) is 10.5. The minimum Gasteiger partial charge on any atom is -0.352 e. The van der Waals surface area contributed by atoms with Crippen LogP contribution in [0.1, 0.15) is 0 Å². The molecule has 0 radical (unpaired) electrons. The van der Waals surface area contributed by atoms with Crippen LogP contribution in [0.5, 0.6) is 0 Å². The molecule has 0 heterocycles. The number of alkyl halides is 9. The van der Waals surface area contributed by atoms with Crippen LogP contribution in [0.25, 0.3) is 0 Å². The summed E-state index contributed by atoms with van der Waals surface area (Å²) < 4.78 is 133. The van der Waals surface area contributed by atoms with Crippen molar-refractivity contribution < 1.29 is 57.6 Å². The first-order valence-electron chi connectivity index (χ1n) is 4.50. The van der Waals surface area contributed by atoms with E-state index in [4.69, 9.17) is 0 Å². The second-order valence-corrected chi connectivity index (χ2v) is 5.06. The fraction of sp³-hybridized carbons (Fsp3) is 0.571. The lowest BCUT2D eigenvalue weighted by molar-refractivity contribution is -0.382. The lowest BCUT2D eigenvalue weighted by Crippen LogP contribution is -2.64. The highest BCUT2D eigenvalue weighted by Crippen LogP contribution is 2.54. The van der Waals surface area contributed by atoms with Crippen molar-refractivity contribution in [2.45, 2.75) is 23.3 Å². The van der Waals surface area contributed by atoms with Crippen LogP contribution in [0.2, 0.25) is 0 Å². The zero-order valence-electron chi connectivity index (χ0n) is 9.73. The SMILES string of the molecule is C=CC(=O)ONS(=O)(=O)C(F)(F)C(F)(F)C(F)(F)C(F)(F)F. The van der Waals surface area contributed by atoms with E-state index in [9.17, 15) is 52.7 Å². The number of sulfonamides is 1. The molecule has 0 aromatic heterocycles. The van der Waals surface area contributed by atoms with Crippen molar-refractivity contribution in [3.05, 3.63) is 12.7 Å². The Morgan fingerprint density at radius 2 is 1.36 bits per heavy atom. The summed E-state index contributed by atoms with van der Waals surface area (Å²) in [6.07, 6.45) is -7.05. The number of carbonyl (C=O) groups is 1. The Labute approximate surface area is 115 Å². The van der Waals surface area contributed by atoms with Gasteiger partial charge in [-0.05, 0) is 4.89 Å². The second-order valence-electron chi connectivity index (χ2n) is 3.38. The molecule has 0 aliphatic carbocycles. The molecule has 0 amide bonds. The van der Waals surface area contributed by atoms with Gasteiger partial charge < -0.3 is 4.84 Å². The number of hydrogen-bond donors (Lipinski definition) is 1. The first-order valence-corrected chi connectivity index (χ1v) is 5.98. The highest BCUT2D eigenvalue weighted by atomic mass is 32.2. The summed E-state index contributed by atoms with van der Waals surface area (Å²) in [5, 5.41) is -6.99. The van der Waals surface area contributed by atoms with E-state index in [0.29, 0.717) is 0 Å². The maximum Gasteiger partial charge on any atom is 0.460 e. The summed E-state index contributed by atoms with van der Waals surface area (Å²) in [7, 11) is -6.97. The molecule has 0 aliphatic rings. The van der Waals surface area contributed by atoms with E-state index in [1.165, 1.54) is 0 Å². The van der Waals surface area contributed by atoms with E-state index in [0.717, 1.165) is 0 Å². The summed E-state index contributed by atoms with van der Waals surface area (Å²) in [6, 6.07) is 0. The molecule has 0 saturated carbocycles. The third kappa shape index (κ3) is 3.13. The summed E-state index contributed by atoms with van der Waals surface area (Å²) in [4.78, 5) is 13.6. The predicted molar refractivity (Wildman–Crippen MR) is 49.2 cm³/mol. The zero-order chi connectivity index (χ0) is 18.2. The third-order valence-corrected chi connectivity index (χ3v) is 3.11. The first-order chi connectivity index (χ1) is 9.45. The van der Waals surface area contributed by atoms with E-state index in [1.54, 1.807) is 0 Å². The first kappa shape index (κ1) is 20.5. The standard InChI is InChI=1S/C7H4F9NO4S/c1-2-3(18)21-17-22(19,20)7(15,16)5(10,11)4(8,9)6(12,13)14/h2,17H,1H2. The van der Waals surface area contributed by atoms with Gasteiger partial charge in [-0.15, -0.1) is 0 Å². The van der Waals surface area contributed by atoms with Gasteiger partial charge in [0.15, 0.2) is 0 Å². The van der Waals surface area contributed by atoms with Crippen molar-refractivity contribution in [2.75, 3.05) is 0 Å². The van der Waals surface area contributed by atoms with Gasteiger partial charge in [0.1, 0.15) is 0 Å². The van der Waals surface area contributed by atoms with E-state index < -0.39 is 39.3 Å². The molecule has 1 N–H and O–H groups in total. The van der Waals surface area contributed by atoms with E-state index in [2.05, 4.69) is 11.4 Å².